The van der Waals surface area contributed by atoms with Crippen molar-refractivity contribution in [2.45, 2.75) is 37.2 Å². The number of nitrogens with zero attached hydrogens (tertiary/aromatic N) is 1. The number of nitrogens with one attached hydrogen (secondary N) is 2. The minimum Gasteiger partial charge on any atom is -0.350 e. The smallest absolute Gasteiger partial charge is 0.234 e. The van der Waals surface area contributed by atoms with Gasteiger partial charge in [0.15, 0.2) is 9.84 Å². The van der Waals surface area contributed by atoms with E-state index in [1.165, 1.54) is 0 Å². The summed E-state index contributed by atoms with van der Waals surface area (Å²) in [5.74, 6) is -0.236. The molecule has 2 aliphatic heterocycles. The van der Waals surface area contributed by atoms with E-state index in [-0.39, 0.29) is 17.4 Å². The lowest BCUT2D eigenvalue weighted by Crippen LogP contribution is -2.50. The van der Waals surface area contributed by atoms with Crippen LogP contribution in [0, 0.1) is 0 Å². The molecule has 21 heavy (non-hydrogen) atoms. The molecule has 0 aromatic heterocycles. The van der Waals surface area contributed by atoms with E-state index in [2.05, 4.69) is 15.5 Å². The van der Waals surface area contributed by atoms with Crippen LogP contribution in [-0.4, -0.2) is 74.4 Å². The van der Waals surface area contributed by atoms with Gasteiger partial charge in [-0.1, -0.05) is 6.92 Å². The Bertz CT molecular complexity index is 465. The Kier molecular flexibility index (Phi) is 5.88. The van der Waals surface area contributed by atoms with Gasteiger partial charge in [0.1, 0.15) is 0 Å². The standard InChI is InChI=1S/C13H24ClN3O3S/c1-2-17(10-3-5-15-6-4-10)7-13(18)16-12-9-21(19,20)8-11(12)14/h10-12,15H,2-9H2,1H3,(H,16,18). The van der Waals surface area contributed by atoms with Crippen molar-refractivity contribution in [2.75, 3.05) is 37.7 Å². The first-order valence-electron chi connectivity index (χ1n) is 7.50. The SMILES string of the molecule is CCN(CC(=O)NC1CS(=O)(=O)CC1Cl)C1CCNCC1. The number of alkyl halides is 1. The predicted octanol–water partition coefficient (Wildman–Crippen LogP) is -0.419. The summed E-state index contributed by atoms with van der Waals surface area (Å²) in [6.45, 7) is 5.12. The van der Waals surface area contributed by atoms with E-state index in [1.807, 2.05) is 6.92 Å². The van der Waals surface area contributed by atoms with Gasteiger partial charge in [0.25, 0.3) is 0 Å². The number of carbonyl (C=O) groups is 1. The number of hydrogen-bond donors (Lipinski definition) is 2. The molecule has 8 heteroatoms. The molecular weight excluding hydrogens is 314 g/mol. The van der Waals surface area contributed by atoms with Crippen LogP contribution in [0.25, 0.3) is 0 Å². The Balaban J connectivity index is 1.85. The maximum absolute atomic E-state index is 12.1. The summed E-state index contributed by atoms with van der Waals surface area (Å²) in [4.78, 5) is 14.3. The molecule has 0 bridgehead atoms. The van der Waals surface area contributed by atoms with Crippen LogP contribution >= 0.6 is 11.6 Å². The van der Waals surface area contributed by atoms with Crippen molar-refractivity contribution in [3.8, 4) is 0 Å². The van der Waals surface area contributed by atoms with Gasteiger partial charge in [-0.2, -0.15) is 0 Å². The number of amides is 1. The van der Waals surface area contributed by atoms with Crippen LogP contribution in [0.3, 0.4) is 0 Å². The van der Waals surface area contributed by atoms with Gasteiger partial charge >= 0.3 is 0 Å². The third-order valence-electron chi connectivity index (χ3n) is 4.21. The second kappa shape index (κ2) is 7.26. The maximum atomic E-state index is 12.1. The Labute approximate surface area is 131 Å². The second-order valence-electron chi connectivity index (χ2n) is 5.81. The average Bonchev–Trinajstić information content (AvgIpc) is 2.69. The fourth-order valence-electron chi connectivity index (χ4n) is 3.04. The molecule has 0 aromatic rings. The summed E-state index contributed by atoms with van der Waals surface area (Å²) in [5, 5.41) is 5.57. The lowest BCUT2D eigenvalue weighted by atomic mass is 10.0. The van der Waals surface area contributed by atoms with Gasteiger partial charge in [-0.25, -0.2) is 8.42 Å². The van der Waals surface area contributed by atoms with E-state index < -0.39 is 21.3 Å². The third kappa shape index (κ3) is 4.81. The molecule has 2 saturated heterocycles. The number of rotatable bonds is 5. The lowest BCUT2D eigenvalue weighted by molar-refractivity contribution is -0.123. The Morgan fingerprint density at radius 3 is 2.52 bits per heavy atom. The number of halogens is 1. The Hall–Kier alpha value is -0.370. The van der Waals surface area contributed by atoms with Gasteiger partial charge in [-0.3, -0.25) is 9.69 Å². The van der Waals surface area contributed by atoms with E-state index in [0.717, 1.165) is 32.5 Å². The van der Waals surface area contributed by atoms with Crippen molar-refractivity contribution in [1.82, 2.24) is 15.5 Å². The first-order valence-corrected chi connectivity index (χ1v) is 9.75. The molecule has 2 aliphatic rings. The highest BCUT2D eigenvalue weighted by atomic mass is 35.5. The highest BCUT2D eigenvalue weighted by Gasteiger charge is 2.37. The highest BCUT2D eigenvalue weighted by molar-refractivity contribution is 7.91. The summed E-state index contributed by atoms with van der Waals surface area (Å²) >= 11 is 6.01. The number of sulfone groups is 1. The Morgan fingerprint density at radius 1 is 1.33 bits per heavy atom. The number of hydrogen-bond acceptors (Lipinski definition) is 5. The molecule has 0 spiro atoms. The summed E-state index contributed by atoms with van der Waals surface area (Å²) in [6, 6.07) is -0.0444. The summed E-state index contributed by atoms with van der Waals surface area (Å²) in [6.07, 6.45) is 2.08. The van der Waals surface area contributed by atoms with Crippen LogP contribution in [0.15, 0.2) is 0 Å². The van der Waals surface area contributed by atoms with Gasteiger partial charge in [-0.05, 0) is 32.5 Å². The van der Waals surface area contributed by atoms with E-state index in [4.69, 9.17) is 11.6 Å². The molecule has 0 aromatic carbocycles. The molecule has 1 amide bonds. The predicted molar refractivity (Wildman–Crippen MR) is 83.4 cm³/mol. The van der Waals surface area contributed by atoms with Gasteiger partial charge in [0, 0.05) is 6.04 Å². The summed E-state index contributed by atoms with van der Waals surface area (Å²) < 4.78 is 23.0. The largest absolute Gasteiger partial charge is 0.350 e. The van der Waals surface area contributed by atoms with E-state index in [0.29, 0.717) is 12.6 Å². The molecule has 122 valence electrons. The molecule has 2 N–H and O–H groups in total. The van der Waals surface area contributed by atoms with Crippen LogP contribution in [0.5, 0.6) is 0 Å². The summed E-state index contributed by atoms with van der Waals surface area (Å²) in [7, 11) is -3.11. The zero-order valence-electron chi connectivity index (χ0n) is 12.3. The number of carbonyl (C=O) groups excluding carboxylic acids is 1. The van der Waals surface area contributed by atoms with Crippen LogP contribution in [0.4, 0.5) is 0 Å². The topological polar surface area (TPSA) is 78.5 Å². The molecule has 2 unspecified atom stereocenters. The summed E-state index contributed by atoms with van der Waals surface area (Å²) in [5.41, 5.74) is 0. The van der Waals surface area contributed by atoms with Gasteiger partial charge in [0.05, 0.1) is 29.5 Å². The van der Waals surface area contributed by atoms with E-state index in [9.17, 15) is 13.2 Å². The van der Waals surface area contributed by atoms with Crippen LogP contribution in [-0.2, 0) is 14.6 Å². The molecule has 2 heterocycles. The molecule has 0 aliphatic carbocycles. The van der Waals surface area contributed by atoms with Crippen molar-refractivity contribution in [2.24, 2.45) is 0 Å². The first kappa shape index (κ1) is 17.0. The maximum Gasteiger partial charge on any atom is 0.234 e. The molecular formula is C13H24ClN3O3S. The molecule has 2 atom stereocenters. The van der Waals surface area contributed by atoms with E-state index >= 15 is 0 Å². The molecule has 2 rings (SSSR count). The van der Waals surface area contributed by atoms with Gasteiger partial charge < -0.3 is 10.6 Å². The van der Waals surface area contributed by atoms with Crippen molar-refractivity contribution in [3.05, 3.63) is 0 Å². The third-order valence-corrected chi connectivity index (χ3v) is 6.58. The van der Waals surface area contributed by atoms with Crippen molar-refractivity contribution < 1.29 is 13.2 Å². The fourth-order valence-corrected chi connectivity index (χ4v) is 5.59. The molecule has 6 nitrogen and oxygen atoms in total. The van der Waals surface area contributed by atoms with Crippen LogP contribution < -0.4 is 10.6 Å². The number of likely N-dealkylation sites (N-methyl/N-ethyl adjacent to an activating group) is 1. The van der Waals surface area contributed by atoms with Crippen LogP contribution in [0.1, 0.15) is 19.8 Å². The van der Waals surface area contributed by atoms with Gasteiger partial charge in [-0.15, -0.1) is 11.6 Å². The first-order chi connectivity index (χ1) is 9.91. The van der Waals surface area contributed by atoms with Crippen LogP contribution in [0.2, 0.25) is 0 Å². The number of piperidine rings is 1. The Morgan fingerprint density at radius 2 is 2.00 bits per heavy atom. The van der Waals surface area contributed by atoms with Crippen molar-refractivity contribution in [1.29, 1.82) is 0 Å². The molecule has 0 saturated carbocycles. The molecule has 2 fully saturated rings. The quantitative estimate of drug-likeness (QED) is 0.666. The van der Waals surface area contributed by atoms with Crippen molar-refractivity contribution >= 4 is 27.3 Å². The molecule has 0 radical (unpaired) electrons. The lowest BCUT2D eigenvalue weighted by Gasteiger charge is -2.33. The minimum absolute atomic E-state index is 0.0492. The van der Waals surface area contributed by atoms with E-state index in [1.54, 1.807) is 0 Å². The zero-order chi connectivity index (χ0) is 15.5. The fraction of sp³-hybridized carbons (Fsp3) is 0.923. The minimum atomic E-state index is -3.11. The van der Waals surface area contributed by atoms with Gasteiger partial charge in [0.2, 0.25) is 5.91 Å². The average molecular weight is 338 g/mol. The second-order valence-corrected chi connectivity index (χ2v) is 8.53. The normalized spacial score (nSPS) is 29.7. The monoisotopic (exact) mass is 337 g/mol. The van der Waals surface area contributed by atoms with Crippen molar-refractivity contribution in [3.63, 3.8) is 0 Å². The zero-order valence-corrected chi connectivity index (χ0v) is 13.9. The highest BCUT2D eigenvalue weighted by Crippen LogP contribution is 2.18.